The first-order chi connectivity index (χ1) is 10.7. The number of hydrogen-bond donors (Lipinski definition) is 1. The molecule has 0 bridgehead atoms. The van der Waals surface area contributed by atoms with Crippen molar-refractivity contribution in [2.75, 3.05) is 6.61 Å². The number of ether oxygens (including phenoxy) is 1. The van der Waals surface area contributed by atoms with Gasteiger partial charge in [-0.15, -0.1) is 11.3 Å². The van der Waals surface area contributed by atoms with Gasteiger partial charge in [0.2, 0.25) is 5.91 Å². The maximum absolute atomic E-state index is 11.7. The second kappa shape index (κ2) is 8.37. The predicted molar refractivity (Wildman–Crippen MR) is 90.4 cm³/mol. The van der Waals surface area contributed by atoms with Crippen LogP contribution in [0.4, 0.5) is 0 Å². The van der Waals surface area contributed by atoms with Gasteiger partial charge in [-0.25, -0.2) is 0 Å². The van der Waals surface area contributed by atoms with Gasteiger partial charge in [0.15, 0.2) is 6.61 Å². The Bertz CT molecular complexity index is 702. The SMILES string of the molecule is N#CCOc1ccc(/C=C/C(=O)NCc2cc(Br)cs2)cc1. The number of carbonyl (C=O) groups excluding carboxylic acids is 1. The van der Waals surface area contributed by atoms with Crippen LogP contribution in [0.25, 0.3) is 6.08 Å². The lowest BCUT2D eigenvalue weighted by Crippen LogP contribution is -2.19. The maximum Gasteiger partial charge on any atom is 0.244 e. The maximum atomic E-state index is 11.7. The molecule has 6 heteroatoms. The lowest BCUT2D eigenvalue weighted by atomic mass is 10.2. The summed E-state index contributed by atoms with van der Waals surface area (Å²) in [5, 5.41) is 13.2. The van der Waals surface area contributed by atoms with Crippen molar-refractivity contribution in [1.29, 1.82) is 5.26 Å². The van der Waals surface area contributed by atoms with E-state index in [1.165, 1.54) is 6.08 Å². The minimum atomic E-state index is -0.144. The number of carbonyl (C=O) groups is 1. The molecule has 0 fully saturated rings. The summed E-state index contributed by atoms with van der Waals surface area (Å²) in [6, 6.07) is 11.1. The molecule has 0 aliphatic rings. The molecule has 2 aromatic rings. The van der Waals surface area contributed by atoms with Crippen LogP contribution in [-0.2, 0) is 11.3 Å². The van der Waals surface area contributed by atoms with E-state index in [1.807, 2.05) is 29.6 Å². The first-order valence-corrected chi connectivity index (χ1v) is 8.13. The molecule has 112 valence electrons. The van der Waals surface area contributed by atoms with Crippen LogP contribution in [0.1, 0.15) is 10.4 Å². The van der Waals surface area contributed by atoms with Crippen molar-refractivity contribution in [2.24, 2.45) is 0 Å². The highest BCUT2D eigenvalue weighted by molar-refractivity contribution is 9.10. The second-order valence-corrected chi connectivity index (χ2v) is 6.21. The molecule has 1 N–H and O–H groups in total. The van der Waals surface area contributed by atoms with Crippen LogP contribution in [0.3, 0.4) is 0 Å². The molecule has 1 aromatic carbocycles. The number of nitrogens with one attached hydrogen (secondary N) is 1. The molecule has 22 heavy (non-hydrogen) atoms. The molecule has 0 unspecified atom stereocenters. The Labute approximate surface area is 141 Å². The molecule has 0 saturated carbocycles. The van der Waals surface area contributed by atoms with Crippen LogP contribution in [-0.4, -0.2) is 12.5 Å². The molecule has 0 aliphatic heterocycles. The third kappa shape index (κ3) is 5.35. The van der Waals surface area contributed by atoms with Gasteiger partial charge in [0.1, 0.15) is 11.8 Å². The van der Waals surface area contributed by atoms with Crippen LogP contribution in [0.2, 0.25) is 0 Å². The fourth-order valence-corrected chi connectivity index (χ4v) is 3.03. The summed E-state index contributed by atoms with van der Waals surface area (Å²) in [7, 11) is 0. The molecule has 1 amide bonds. The zero-order chi connectivity index (χ0) is 15.8. The van der Waals surface area contributed by atoms with E-state index in [9.17, 15) is 4.79 Å². The van der Waals surface area contributed by atoms with Crippen LogP contribution >= 0.6 is 27.3 Å². The van der Waals surface area contributed by atoms with Crippen LogP contribution in [0.15, 0.2) is 46.3 Å². The molecule has 0 radical (unpaired) electrons. The molecule has 0 aliphatic carbocycles. The quantitative estimate of drug-likeness (QED) is 0.780. The van der Waals surface area contributed by atoms with E-state index in [0.717, 1.165) is 14.9 Å². The van der Waals surface area contributed by atoms with E-state index in [1.54, 1.807) is 29.5 Å². The Morgan fingerprint density at radius 3 is 2.82 bits per heavy atom. The molecule has 0 saturated heterocycles. The van der Waals surface area contributed by atoms with Crippen LogP contribution < -0.4 is 10.1 Å². The normalized spacial score (nSPS) is 10.4. The Balaban J connectivity index is 1.82. The molecule has 2 rings (SSSR count). The number of halogens is 1. The van der Waals surface area contributed by atoms with Gasteiger partial charge in [0.05, 0.1) is 6.54 Å². The number of rotatable bonds is 6. The zero-order valence-electron chi connectivity index (χ0n) is 11.6. The molecule has 0 spiro atoms. The molecule has 4 nitrogen and oxygen atoms in total. The highest BCUT2D eigenvalue weighted by Gasteiger charge is 2.00. The predicted octanol–water partition coefficient (Wildman–Crippen LogP) is 3.74. The van der Waals surface area contributed by atoms with Crippen LogP contribution in [0, 0.1) is 11.3 Å². The standard InChI is InChI=1S/C16H13BrN2O2S/c17-13-9-15(22-11-13)10-19-16(20)6-3-12-1-4-14(5-2-12)21-8-7-18/h1-6,9,11H,8,10H2,(H,19,20)/b6-3+. The fraction of sp³-hybridized carbons (Fsp3) is 0.125. The van der Waals surface area contributed by atoms with Gasteiger partial charge < -0.3 is 10.1 Å². The van der Waals surface area contributed by atoms with Crippen molar-refractivity contribution >= 4 is 39.2 Å². The number of nitriles is 1. The lowest BCUT2D eigenvalue weighted by molar-refractivity contribution is -0.116. The summed E-state index contributed by atoms with van der Waals surface area (Å²) < 4.78 is 6.18. The Kier molecular flexibility index (Phi) is 6.19. The van der Waals surface area contributed by atoms with Gasteiger partial charge in [0, 0.05) is 20.8 Å². The largest absolute Gasteiger partial charge is 0.479 e. The Morgan fingerprint density at radius 1 is 1.41 bits per heavy atom. The molecule has 1 aromatic heterocycles. The smallest absolute Gasteiger partial charge is 0.244 e. The Hall–Kier alpha value is -2.10. The minimum Gasteiger partial charge on any atom is -0.479 e. The van der Waals surface area contributed by atoms with Gasteiger partial charge in [0.25, 0.3) is 0 Å². The van der Waals surface area contributed by atoms with Crippen molar-refractivity contribution < 1.29 is 9.53 Å². The van der Waals surface area contributed by atoms with E-state index in [2.05, 4.69) is 21.2 Å². The first kappa shape index (κ1) is 16.3. The van der Waals surface area contributed by atoms with E-state index >= 15 is 0 Å². The van der Waals surface area contributed by atoms with Crippen LogP contribution in [0.5, 0.6) is 5.75 Å². The average Bonchev–Trinajstić information content (AvgIpc) is 2.95. The summed E-state index contributed by atoms with van der Waals surface area (Å²) in [5.41, 5.74) is 0.887. The van der Waals surface area contributed by atoms with Crippen molar-refractivity contribution in [3.8, 4) is 11.8 Å². The number of amides is 1. The molecule has 1 heterocycles. The fourth-order valence-electron chi connectivity index (χ4n) is 1.64. The van der Waals surface area contributed by atoms with Crippen molar-refractivity contribution in [2.45, 2.75) is 6.54 Å². The van der Waals surface area contributed by atoms with E-state index < -0.39 is 0 Å². The van der Waals surface area contributed by atoms with Crippen molar-refractivity contribution in [3.05, 3.63) is 56.7 Å². The number of benzene rings is 1. The number of thiophene rings is 1. The van der Waals surface area contributed by atoms with Gasteiger partial charge in [-0.2, -0.15) is 5.26 Å². The number of nitrogens with zero attached hydrogens (tertiary/aromatic N) is 1. The van der Waals surface area contributed by atoms with Gasteiger partial charge in [-0.3, -0.25) is 4.79 Å². The molecular formula is C16H13BrN2O2S. The van der Waals surface area contributed by atoms with E-state index in [0.29, 0.717) is 12.3 Å². The molecular weight excluding hydrogens is 364 g/mol. The minimum absolute atomic E-state index is 0.0242. The Morgan fingerprint density at radius 2 is 2.18 bits per heavy atom. The lowest BCUT2D eigenvalue weighted by Gasteiger charge is -2.01. The topological polar surface area (TPSA) is 62.1 Å². The van der Waals surface area contributed by atoms with E-state index in [4.69, 9.17) is 10.00 Å². The third-order valence-electron chi connectivity index (χ3n) is 2.67. The van der Waals surface area contributed by atoms with Gasteiger partial charge in [-0.05, 0) is 45.8 Å². The average molecular weight is 377 g/mol. The van der Waals surface area contributed by atoms with E-state index in [-0.39, 0.29) is 12.5 Å². The number of hydrogen-bond acceptors (Lipinski definition) is 4. The summed E-state index contributed by atoms with van der Waals surface area (Å²) in [6.07, 6.45) is 3.22. The third-order valence-corrected chi connectivity index (χ3v) is 4.37. The zero-order valence-corrected chi connectivity index (χ0v) is 14.0. The highest BCUT2D eigenvalue weighted by Crippen LogP contribution is 2.19. The van der Waals surface area contributed by atoms with Gasteiger partial charge >= 0.3 is 0 Å². The van der Waals surface area contributed by atoms with Crippen molar-refractivity contribution in [3.63, 3.8) is 0 Å². The first-order valence-electron chi connectivity index (χ1n) is 6.46. The van der Waals surface area contributed by atoms with Crippen molar-refractivity contribution in [1.82, 2.24) is 5.32 Å². The highest BCUT2D eigenvalue weighted by atomic mass is 79.9. The van der Waals surface area contributed by atoms with Gasteiger partial charge in [-0.1, -0.05) is 12.1 Å². The monoisotopic (exact) mass is 376 g/mol. The second-order valence-electron chi connectivity index (χ2n) is 4.30. The summed E-state index contributed by atoms with van der Waals surface area (Å²) >= 11 is 4.97. The summed E-state index contributed by atoms with van der Waals surface area (Å²) in [5.74, 6) is 0.487. The summed E-state index contributed by atoms with van der Waals surface area (Å²) in [4.78, 5) is 12.8. The molecule has 0 atom stereocenters. The summed E-state index contributed by atoms with van der Waals surface area (Å²) in [6.45, 7) is 0.538.